The van der Waals surface area contributed by atoms with Crippen LogP contribution in [0.3, 0.4) is 0 Å². The van der Waals surface area contributed by atoms with Crippen molar-refractivity contribution in [3.8, 4) is 0 Å². The maximum atomic E-state index is 12.6. The van der Waals surface area contributed by atoms with E-state index in [4.69, 9.17) is 4.52 Å². The van der Waals surface area contributed by atoms with E-state index in [1.807, 2.05) is 0 Å². The number of ether oxygens (including phenoxy) is 1. The van der Waals surface area contributed by atoms with Gasteiger partial charge in [-0.1, -0.05) is 5.16 Å². The quantitative estimate of drug-likeness (QED) is 0.808. The van der Waals surface area contributed by atoms with E-state index in [2.05, 4.69) is 20.2 Å². The number of nitrogens with one attached hydrogen (secondary N) is 1. The highest BCUT2D eigenvalue weighted by atomic mass is 19.3. The zero-order valence-corrected chi connectivity index (χ0v) is 9.91. The molecule has 1 N–H and O–H groups in total. The van der Waals surface area contributed by atoms with E-state index in [1.165, 1.54) is 0 Å². The van der Waals surface area contributed by atoms with Crippen LogP contribution in [0.5, 0.6) is 0 Å². The summed E-state index contributed by atoms with van der Waals surface area (Å²) in [6.07, 6.45) is -1.91. The number of nitrogens with zero attached hydrogens (tertiary/aromatic N) is 2. The second kappa shape index (κ2) is 5.83. The second-order valence-electron chi connectivity index (χ2n) is 4.25. The van der Waals surface area contributed by atoms with Crippen molar-refractivity contribution in [3.63, 3.8) is 0 Å². The summed E-state index contributed by atoms with van der Waals surface area (Å²) in [5.41, 5.74) is 0. The summed E-state index contributed by atoms with van der Waals surface area (Å²) >= 11 is 0. The van der Waals surface area contributed by atoms with Crippen molar-refractivity contribution in [2.75, 3.05) is 13.2 Å². The first kappa shape index (κ1) is 14.2. The summed E-state index contributed by atoms with van der Waals surface area (Å²) in [6.45, 7) is -0.922. The van der Waals surface area contributed by atoms with Gasteiger partial charge < -0.3 is 14.6 Å². The van der Waals surface area contributed by atoms with Crippen LogP contribution in [0.2, 0.25) is 0 Å². The first-order valence-electron chi connectivity index (χ1n) is 5.78. The summed E-state index contributed by atoms with van der Waals surface area (Å²) in [7, 11) is 0. The Bertz CT molecular complexity index is 407. The van der Waals surface area contributed by atoms with E-state index in [1.54, 1.807) is 0 Å². The molecule has 1 unspecified atom stereocenters. The minimum Gasteiger partial charge on any atom is -0.367 e. The number of hydrogen-bond acceptors (Lipinski definition) is 5. The third-order valence-electron chi connectivity index (χ3n) is 2.69. The van der Waals surface area contributed by atoms with E-state index >= 15 is 0 Å². The summed E-state index contributed by atoms with van der Waals surface area (Å²) in [6, 6.07) is -0.0382. The lowest BCUT2D eigenvalue weighted by Crippen LogP contribution is -2.32. The first-order chi connectivity index (χ1) is 8.99. The molecular formula is C10H13F4N3O2. The lowest BCUT2D eigenvalue weighted by Gasteiger charge is -2.14. The lowest BCUT2D eigenvalue weighted by atomic mass is 10.2. The van der Waals surface area contributed by atoms with Gasteiger partial charge in [-0.3, -0.25) is 0 Å². The number of rotatable bonds is 6. The second-order valence-corrected chi connectivity index (χ2v) is 4.25. The number of hydrogen-bond donors (Lipinski definition) is 1. The van der Waals surface area contributed by atoms with Crippen molar-refractivity contribution in [1.82, 2.24) is 15.5 Å². The minimum absolute atomic E-state index is 0.0382. The van der Waals surface area contributed by atoms with E-state index in [0.29, 0.717) is 5.89 Å². The summed E-state index contributed by atoms with van der Waals surface area (Å²) in [5.74, 6) is -3.75. The van der Waals surface area contributed by atoms with E-state index in [9.17, 15) is 17.6 Å². The average molecular weight is 283 g/mol. The van der Waals surface area contributed by atoms with Gasteiger partial charge in [0.25, 0.3) is 0 Å². The molecule has 2 rings (SSSR count). The summed E-state index contributed by atoms with van der Waals surface area (Å²) in [5, 5.41) is 6.67. The fourth-order valence-corrected chi connectivity index (χ4v) is 1.70. The van der Waals surface area contributed by atoms with Crippen LogP contribution >= 0.6 is 0 Å². The lowest BCUT2D eigenvalue weighted by molar-refractivity contribution is -0.168. The molecule has 0 spiro atoms. The highest BCUT2D eigenvalue weighted by molar-refractivity contribution is 4.94. The Hall–Kier alpha value is -1.22. The van der Waals surface area contributed by atoms with Gasteiger partial charge >= 0.3 is 12.3 Å². The molecule has 0 saturated carbocycles. The van der Waals surface area contributed by atoms with Crippen molar-refractivity contribution in [3.05, 3.63) is 11.7 Å². The Morgan fingerprint density at radius 2 is 2.26 bits per heavy atom. The first-order valence-corrected chi connectivity index (χ1v) is 5.78. The highest BCUT2D eigenvalue weighted by Gasteiger charge is 2.41. The third-order valence-corrected chi connectivity index (χ3v) is 2.69. The third kappa shape index (κ3) is 3.63. The van der Waals surface area contributed by atoms with Gasteiger partial charge in [-0.05, 0) is 19.4 Å². The van der Waals surface area contributed by atoms with Crippen LogP contribution in [0.1, 0.15) is 30.6 Å². The van der Waals surface area contributed by atoms with E-state index in [-0.39, 0.29) is 11.9 Å². The molecule has 1 saturated heterocycles. The summed E-state index contributed by atoms with van der Waals surface area (Å²) < 4.78 is 58.2. The van der Waals surface area contributed by atoms with Crippen LogP contribution in [0.15, 0.2) is 4.52 Å². The fourth-order valence-electron chi connectivity index (χ4n) is 1.70. The Kier molecular flexibility index (Phi) is 4.35. The van der Waals surface area contributed by atoms with Crippen molar-refractivity contribution < 1.29 is 26.8 Å². The molecular weight excluding hydrogens is 270 g/mol. The van der Waals surface area contributed by atoms with Gasteiger partial charge in [-0.15, -0.1) is 0 Å². The van der Waals surface area contributed by atoms with Gasteiger partial charge in [0.05, 0.1) is 6.04 Å². The van der Waals surface area contributed by atoms with Crippen LogP contribution in [-0.4, -0.2) is 35.6 Å². The van der Waals surface area contributed by atoms with Crippen LogP contribution in [0.4, 0.5) is 17.6 Å². The molecule has 0 radical (unpaired) electrons. The number of alkyl halides is 4. The Balaban J connectivity index is 1.80. The largest absolute Gasteiger partial charge is 0.367 e. The Morgan fingerprint density at radius 1 is 1.47 bits per heavy atom. The molecule has 9 heteroatoms. The molecule has 2 heterocycles. The molecule has 0 amide bonds. The average Bonchev–Trinajstić information content (AvgIpc) is 2.98. The van der Waals surface area contributed by atoms with Crippen molar-refractivity contribution in [1.29, 1.82) is 0 Å². The number of halogens is 4. The molecule has 0 aliphatic carbocycles. The molecule has 1 aliphatic rings. The maximum absolute atomic E-state index is 12.6. The molecule has 1 fully saturated rings. The van der Waals surface area contributed by atoms with Gasteiger partial charge in [0.15, 0.2) is 5.82 Å². The Labute approximate surface area is 106 Å². The predicted octanol–water partition coefficient (Wildman–Crippen LogP) is 1.91. The molecule has 1 aromatic heterocycles. The SMILES string of the molecule is FC(F)C(F)(F)COCc1noc(C2CCCN2)n1. The standard InChI is InChI=1S/C10H13F4N3O2/c11-9(12)10(13,14)5-18-4-7-16-8(19-17-7)6-2-1-3-15-6/h6,9,15H,1-5H2. The minimum atomic E-state index is -4.17. The Morgan fingerprint density at radius 3 is 2.89 bits per heavy atom. The number of aromatic nitrogens is 2. The van der Waals surface area contributed by atoms with Gasteiger partial charge in [-0.2, -0.15) is 13.8 Å². The van der Waals surface area contributed by atoms with E-state index < -0.39 is 25.6 Å². The zero-order valence-electron chi connectivity index (χ0n) is 9.91. The monoisotopic (exact) mass is 283 g/mol. The molecule has 1 aromatic rings. The zero-order chi connectivity index (χ0) is 13.9. The van der Waals surface area contributed by atoms with Crippen LogP contribution in [-0.2, 0) is 11.3 Å². The fraction of sp³-hybridized carbons (Fsp3) is 0.800. The van der Waals surface area contributed by atoms with Crippen molar-refractivity contribution in [2.24, 2.45) is 0 Å². The molecule has 108 valence electrons. The molecule has 5 nitrogen and oxygen atoms in total. The predicted molar refractivity (Wildman–Crippen MR) is 54.9 cm³/mol. The molecule has 1 atom stereocenters. The van der Waals surface area contributed by atoms with Gasteiger partial charge in [0, 0.05) is 0 Å². The highest BCUT2D eigenvalue weighted by Crippen LogP contribution is 2.24. The van der Waals surface area contributed by atoms with Crippen molar-refractivity contribution in [2.45, 2.75) is 37.8 Å². The van der Waals surface area contributed by atoms with E-state index in [0.717, 1.165) is 19.4 Å². The topological polar surface area (TPSA) is 60.2 Å². The molecule has 0 bridgehead atoms. The molecule has 19 heavy (non-hydrogen) atoms. The van der Waals surface area contributed by atoms with Gasteiger partial charge in [0.2, 0.25) is 5.89 Å². The maximum Gasteiger partial charge on any atom is 0.330 e. The van der Waals surface area contributed by atoms with Crippen LogP contribution in [0, 0.1) is 0 Å². The van der Waals surface area contributed by atoms with Gasteiger partial charge in [-0.25, -0.2) is 8.78 Å². The molecule has 1 aliphatic heterocycles. The smallest absolute Gasteiger partial charge is 0.330 e. The van der Waals surface area contributed by atoms with Gasteiger partial charge in [0.1, 0.15) is 13.2 Å². The molecule has 0 aromatic carbocycles. The van der Waals surface area contributed by atoms with Crippen LogP contribution in [0.25, 0.3) is 0 Å². The summed E-state index contributed by atoms with van der Waals surface area (Å²) in [4.78, 5) is 3.96. The normalized spacial score (nSPS) is 20.4. The van der Waals surface area contributed by atoms with Crippen LogP contribution < -0.4 is 5.32 Å². The van der Waals surface area contributed by atoms with Crippen molar-refractivity contribution >= 4 is 0 Å².